The van der Waals surface area contributed by atoms with Crippen molar-refractivity contribution in [1.82, 2.24) is 9.88 Å². The maximum atomic E-state index is 12.3. The molecular weight excluding hydrogens is 290 g/mol. The third-order valence-electron chi connectivity index (χ3n) is 4.03. The number of carbonyl (C=O) groups is 1. The first-order valence-corrected chi connectivity index (χ1v) is 8.94. The Morgan fingerprint density at radius 1 is 1.43 bits per heavy atom. The Balaban J connectivity index is 2.18. The number of nitrogens with two attached hydrogens (primary N) is 1. The summed E-state index contributed by atoms with van der Waals surface area (Å²) in [6.07, 6.45) is 5.40. The largest absolute Gasteiger partial charge is 0.350 e. The van der Waals surface area contributed by atoms with E-state index in [2.05, 4.69) is 19.2 Å². The number of hydrogen-bond donors (Lipinski definition) is 2. The van der Waals surface area contributed by atoms with Crippen LogP contribution in [0.1, 0.15) is 56.1 Å². The van der Waals surface area contributed by atoms with Gasteiger partial charge in [0.1, 0.15) is 10.6 Å². The Kier molecular flexibility index (Phi) is 4.73. The first-order valence-electron chi connectivity index (χ1n) is 7.39. The lowest BCUT2D eigenvalue weighted by atomic mass is 10.0. The number of aromatic nitrogens is 1. The molecular formula is C14H23N3O3S. The van der Waals surface area contributed by atoms with Crippen LogP contribution in [-0.2, 0) is 10.0 Å². The minimum atomic E-state index is -3.79. The molecule has 1 aliphatic rings. The molecule has 1 fully saturated rings. The molecule has 2 rings (SSSR count). The van der Waals surface area contributed by atoms with Gasteiger partial charge < -0.3 is 9.88 Å². The van der Waals surface area contributed by atoms with Gasteiger partial charge in [-0.1, -0.05) is 26.7 Å². The summed E-state index contributed by atoms with van der Waals surface area (Å²) in [7, 11) is -3.79. The van der Waals surface area contributed by atoms with Crippen molar-refractivity contribution in [3.63, 3.8) is 0 Å². The van der Waals surface area contributed by atoms with Crippen molar-refractivity contribution >= 4 is 15.9 Å². The predicted molar refractivity (Wildman–Crippen MR) is 80.5 cm³/mol. The Bertz CT molecular complexity index is 613. The van der Waals surface area contributed by atoms with Crippen LogP contribution in [0.5, 0.6) is 0 Å². The van der Waals surface area contributed by atoms with Crippen LogP contribution >= 0.6 is 0 Å². The van der Waals surface area contributed by atoms with E-state index in [1.54, 1.807) is 4.57 Å². The lowest BCUT2D eigenvalue weighted by Gasteiger charge is -2.14. The van der Waals surface area contributed by atoms with Crippen molar-refractivity contribution in [3.05, 3.63) is 18.0 Å². The second-order valence-electron chi connectivity index (χ2n) is 5.64. The fourth-order valence-corrected chi connectivity index (χ4v) is 2.89. The van der Waals surface area contributed by atoms with Gasteiger partial charge in [0, 0.05) is 18.8 Å². The number of rotatable bonds is 7. The summed E-state index contributed by atoms with van der Waals surface area (Å²) < 4.78 is 24.6. The molecule has 0 atom stereocenters. The van der Waals surface area contributed by atoms with Crippen LogP contribution in [0, 0.1) is 5.92 Å². The highest BCUT2D eigenvalue weighted by Crippen LogP contribution is 2.37. The molecule has 1 aliphatic carbocycles. The molecule has 3 N–H and O–H groups in total. The van der Waals surface area contributed by atoms with E-state index in [1.807, 2.05) is 0 Å². The molecule has 0 radical (unpaired) electrons. The van der Waals surface area contributed by atoms with E-state index in [9.17, 15) is 13.2 Å². The van der Waals surface area contributed by atoms with E-state index >= 15 is 0 Å². The summed E-state index contributed by atoms with van der Waals surface area (Å²) >= 11 is 0. The van der Waals surface area contributed by atoms with Crippen LogP contribution in [0.2, 0.25) is 0 Å². The number of hydrogen-bond acceptors (Lipinski definition) is 3. The summed E-state index contributed by atoms with van der Waals surface area (Å²) in [4.78, 5) is 12.3. The molecule has 0 bridgehead atoms. The lowest BCUT2D eigenvalue weighted by molar-refractivity contribution is 0.0937. The van der Waals surface area contributed by atoms with Gasteiger partial charge in [0.15, 0.2) is 0 Å². The molecule has 118 valence electrons. The average Bonchev–Trinajstić information content (AvgIpc) is 3.16. The number of nitrogens with one attached hydrogen (secondary N) is 1. The summed E-state index contributed by atoms with van der Waals surface area (Å²) in [5.41, 5.74) is 0.382. The van der Waals surface area contributed by atoms with Crippen molar-refractivity contribution in [1.29, 1.82) is 0 Å². The first-order chi connectivity index (χ1) is 9.86. The molecule has 0 unspecified atom stereocenters. The van der Waals surface area contributed by atoms with Crippen molar-refractivity contribution in [2.45, 2.75) is 50.5 Å². The molecule has 1 aromatic heterocycles. The molecule has 1 saturated carbocycles. The van der Waals surface area contributed by atoms with Gasteiger partial charge in [0.25, 0.3) is 5.91 Å². The van der Waals surface area contributed by atoms with Crippen molar-refractivity contribution in [2.24, 2.45) is 11.1 Å². The minimum absolute atomic E-state index is 0.00193. The molecule has 0 aromatic carbocycles. The van der Waals surface area contributed by atoms with E-state index in [4.69, 9.17) is 5.14 Å². The van der Waals surface area contributed by atoms with Crippen LogP contribution in [0.4, 0.5) is 0 Å². The molecule has 0 aliphatic heterocycles. The quantitative estimate of drug-likeness (QED) is 0.801. The Hall–Kier alpha value is -1.34. The van der Waals surface area contributed by atoms with Crippen LogP contribution in [-0.4, -0.2) is 25.4 Å². The Morgan fingerprint density at radius 2 is 2.05 bits per heavy atom. The van der Waals surface area contributed by atoms with E-state index in [1.165, 1.54) is 12.3 Å². The molecule has 21 heavy (non-hydrogen) atoms. The van der Waals surface area contributed by atoms with Gasteiger partial charge in [-0.15, -0.1) is 0 Å². The molecule has 0 saturated heterocycles. The van der Waals surface area contributed by atoms with Crippen LogP contribution in [0.3, 0.4) is 0 Å². The smallest absolute Gasteiger partial charge is 0.267 e. The van der Waals surface area contributed by atoms with Gasteiger partial charge in [0.05, 0.1) is 0 Å². The van der Waals surface area contributed by atoms with Crippen molar-refractivity contribution in [3.8, 4) is 0 Å². The highest BCUT2D eigenvalue weighted by molar-refractivity contribution is 7.89. The molecule has 1 heterocycles. The second kappa shape index (κ2) is 6.19. The zero-order chi connectivity index (χ0) is 15.6. The monoisotopic (exact) mass is 313 g/mol. The Labute approximate surface area is 125 Å². The standard InChI is InChI=1S/C14H23N3O3S/c1-3-10(4-2)8-16-14(18)13-7-12(21(15,19)20)9-17(13)11-5-6-11/h7,9-11H,3-6,8H2,1-2H3,(H,16,18)(H2,15,19,20). The molecule has 7 heteroatoms. The molecule has 1 amide bonds. The lowest BCUT2D eigenvalue weighted by Crippen LogP contribution is -2.30. The fourth-order valence-electron chi connectivity index (χ4n) is 2.35. The second-order valence-corrected chi connectivity index (χ2v) is 7.20. The maximum absolute atomic E-state index is 12.3. The number of nitrogens with zero attached hydrogens (tertiary/aromatic N) is 1. The van der Waals surface area contributed by atoms with Gasteiger partial charge in [-0.3, -0.25) is 4.79 Å². The molecule has 0 spiro atoms. The van der Waals surface area contributed by atoms with Crippen molar-refractivity contribution < 1.29 is 13.2 Å². The average molecular weight is 313 g/mol. The van der Waals surface area contributed by atoms with Gasteiger partial charge in [-0.25, -0.2) is 13.6 Å². The summed E-state index contributed by atoms with van der Waals surface area (Å²) in [5, 5.41) is 8.05. The SMILES string of the molecule is CCC(CC)CNC(=O)c1cc(S(N)(=O)=O)cn1C1CC1. The number of carbonyl (C=O) groups excluding carboxylic acids is 1. The van der Waals surface area contributed by atoms with E-state index in [-0.39, 0.29) is 16.8 Å². The highest BCUT2D eigenvalue weighted by Gasteiger charge is 2.29. The number of amides is 1. The summed E-state index contributed by atoms with van der Waals surface area (Å²) in [6, 6.07) is 1.59. The number of primary sulfonamides is 1. The summed E-state index contributed by atoms with van der Waals surface area (Å²) in [5.74, 6) is 0.208. The van der Waals surface area contributed by atoms with E-state index < -0.39 is 10.0 Å². The van der Waals surface area contributed by atoms with Crippen LogP contribution in [0.25, 0.3) is 0 Å². The highest BCUT2D eigenvalue weighted by atomic mass is 32.2. The van der Waals surface area contributed by atoms with Crippen LogP contribution < -0.4 is 10.5 Å². The van der Waals surface area contributed by atoms with Gasteiger partial charge in [0.2, 0.25) is 10.0 Å². The summed E-state index contributed by atoms with van der Waals surface area (Å²) in [6.45, 7) is 4.78. The van der Waals surface area contributed by atoms with E-state index in [0.29, 0.717) is 18.2 Å². The molecule has 6 nitrogen and oxygen atoms in total. The van der Waals surface area contributed by atoms with Gasteiger partial charge in [-0.05, 0) is 24.8 Å². The van der Waals surface area contributed by atoms with Gasteiger partial charge >= 0.3 is 0 Å². The Morgan fingerprint density at radius 3 is 2.52 bits per heavy atom. The zero-order valence-corrected chi connectivity index (χ0v) is 13.3. The fraction of sp³-hybridized carbons (Fsp3) is 0.643. The third kappa shape index (κ3) is 3.85. The van der Waals surface area contributed by atoms with Crippen molar-refractivity contribution in [2.75, 3.05) is 6.54 Å². The first kappa shape index (κ1) is 16.0. The zero-order valence-electron chi connectivity index (χ0n) is 12.5. The van der Waals surface area contributed by atoms with Gasteiger partial charge in [-0.2, -0.15) is 0 Å². The van der Waals surface area contributed by atoms with Crippen LogP contribution in [0.15, 0.2) is 17.2 Å². The molecule has 1 aromatic rings. The number of sulfonamides is 1. The normalized spacial score (nSPS) is 15.4. The minimum Gasteiger partial charge on any atom is -0.350 e. The third-order valence-corrected chi connectivity index (χ3v) is 4.91. The maximum Gasteiger partial charge on any atom is 0.267 e. The predicted octanol–water partition coefficient (Wildman–Crippen LogP) is 1.64. The topological polar surface area (TPSA) is 94.2 Å². The van der Waals surface area contributed by atoms with E-state index in [0.717, 1.165) is 25.7 Å².